The molecule has 0 aliphatic carbocycles. The number of benzene rings is 2. The smallest absolute Gasteiger partial charge is 0.258 e. The highest BCUT2D eigenvalue weighted by atomic mass is 35.5. The minimum atomic E-state index is -0.242. The van der Waals surface area contributed by atoms with Crippen molar-refractivity contribution >= 4 is 17.5 Å². The quantitative estimate of drug-likeness (QED) is 0.741. The van der Waals surface area contributed by atoms with E-state index in [0.29, 0.717) is 34.6 Å². The molecule has 1 N–H and O–H groups in total. The minimum absolute atomic E-state index is 0.0923. The van der Waals surface area contributed by atoms with Crippen molar-refractivity contribution in [3.05, 3.63) is 46.0 Å². The number of hydrogen-bond acceptors (Lipinski definition) is 5. The van der Waals surface area contributed by atoms with Gasteiger partial charge in [0.25, 0.3) is 5.91 Å². The van der Waals surface area contributed by atoms with Crippen LogP contribution in [0.3, 0.4) is 0 Å². The Kier molecular flexibility index (Phi) is 7.19. The predicted molar refractivity (Wildman–Crippen MR) is 104 cm³/mol. The molecule has 0 saturated heterocycles. The summed E-state index contributed by atoms with van der Waals surface area (Å²) >= 11 is 6.14. The van der Waals surface area contributed by atoms with Gasteiger partial charge in [-0.15, -0.1) is 0 Å². The molecule has 0 saturated carbocycles. The predicted octanol–water partition coefficient (Wildman–Crippen LogP) is 3.68. The van der Waals surface area contributed by atoms with Gasteiger partial charge in [0.1, 0.15) is 5.75 Å². The summed E-state index contributed by atoms with van der Waals surface area (Å²) in [6.45, 7) is 4.00. The van der Waals surface area contributed by atoms with Crippen molar-refractivity contribution in [2.75, 3.05) is 27.9 Å². The Balaban J connectivity index is 1.97. The van der Waals surface area contributed by atoms with E-state index in [2.05, 4.69) is 5.32 Å². The zero-order chi connectivity index (χ0) is 20.0. The Morgan fingerprint density at radius 3 is 2.00 bits per heavy atom. The number of aryl methyl sites for hydroxylation is 2. The van der Waals surface area contributed by atoms with Crippen molar-refractivity contribution in [2.45, 2.75) is 20.4 Å². The Bertz CT molecular complexity index is 774. The standard InChI is InChI=1S/C20H24ClNO5/c1-12-6-15(7-13(2)19(12)21)27-11-18(23)22-10-14-8-16(24-3)20(26-5)17(9-14)25-4/h6-9H,10-11H2,1-5H3,(H,22,23). The summed E-state index contributed by atoms with van der Waals surface area (Å²) in [7, 11) is 4.63. The maximum atomic E-state index is 12.1. The lowest BCUT2D eigenvalue weighted by molar-refractivity contribution is -0.123. The van der Waals surface area contributed by atoms with Crippen LogP contribution in [0.15, 0.2) is 24.3 Å². The SMILES string of the molecule is COc1cc(CNC(=O)COc2cc(C)c(Cl)c(C)c2)cc(OC)c1OC. The van der Waals surface area contributed by atoms with Gasteiger partial charge in [0.05, 0.1) is 21.3 Å². The van der Waals surface area contributed by atoms with Gasteiger partial charge in [-0.2, -0.15) is 0 Å². The molecule has 0 fully saturated rings. The molecule has 0 aromatic heterocycles. The van der Waals surface area contributed by atoms with Crippen LogP contribution in [-0.4, -0.2) is 33.8 Å². The Morgan fingerprint density at radius 1 is 0.963 bits per heavy atom. The largest absolute Gasteiger partial charge is 0.493 e. The summed E-state index contributed by atoms with van der Waals surface area (Å²) in [4.78, 5) is 12.1. The van der Waals surface area contributed by atoms with Gasteiger partial charge in [-0.3, -0.25) is 4.79 Å². The third-order valence-corrected chi connectivity index (χ3v) is 4.59. The maximum Gasteiger partial charge on any atom is 0.258 e. The summed E-state index contributed by atoms with van der Waals surface area (Å²) in [6.07, 6.45) is 0. The van der Waals surface area contributed by atoms with Gasteiger partial charge >= 0.3 is 0 Å². The first-order valence-corrected chi connectivity index (χ1v) is 8.72. The molecule has 0 unspecified atom stereocenters. The number of rotatable bonds is 8. The molecular weight excluding hydrogens is 370 g/mol. The van der Waals surface area contributed by atoms with Gasteiger partial charge in [-0.25, -0.2) is 0 Å². The average Bonchev–Trinajstić information content (AvgIpc) is 2.67. The second kappa shape index (κ2) is 9.37. The average molecular weight is 394 g/mol. The van der Waals surface area contributed by atoms with E-state index in [1.54, 1.807) is 33.5 Å². The topological polar surface area (TPSA) is 66.0 Å². The molecule has 6 nitrogen and oxygen atoms in total. The lowest BCUT2D eigenvalue weighted by Gasteiger charge is -2.14. The van der Waals surface area contributed by atoms with E-state index in [4.69, 9.17) is 30.5 Å². The number of halogens is 1. The molecule has 2 rings (SSSR count). The van der Waals surface area contributed by atoms with E-state index in [9.17, 15) is 4.79 Å². The van der Waals surface area contributed by atoms with Gasteiger partial charge < -0.3 is 24.3 Å². The monoisotopic (exact) mass is 393 g/mol. The molecule has 2 aromatic rings. The van der Waals surface area contributed by atoms with E-state index >= 15 is 0 Å². The van der Waals surface area contributed by atoms with E-state index in [1.807, 2.05) is 26.0 Å². The van der Waals surface area contributed by atoms with Crippen molar-refractivity contribution < 1.29 is 23.7 Å². The number of carbonyl (C=O) groups is 1. The van der Waals surface area contributed by atoms with Crippen molar-refractivity contribution in [2.24, 2.45) is 0 Å². The maximum absolute atomic E-state index is 12.1. The van der Waals surface area contributed by atoms with Crippen molar-refractivity contribution in [3.63, 3.8) is 0 Å². The Hall–Kier alpha value is -2.60. The van der Waals surface area contributed by atoms with Gasteiger partial charge in [-0.05, 0) is 54.8 Å². The van der Waals surface area contributed by atoms with E-state index in [-0.39, 0.29) is 12.5 Å². The molecule has 0 bridgehead atoms. The molecular formula is C20H24ClNO5. The van der Waals surface area contributed by atoms with Crippen LogP contribution >= 0.6 is 11.6 Å². The third-order valence-electron chi connectivity index (χ3n) is 3.99. The fourth-order valence-electron chi connectivity index (χ4n) is 2.63. The highest BCUT2D eigenvalue weighted by Crippen LogP contribution is 2.38. The highest BCUT2D eigenvalue weighted by molar-refractivity contribution is 6.32. The first kappa shape index (κ1) is 20.7. The van der Waals surface area contributed by atoms with Crippen LogP contribution in [0, 0.1) is 13.8 Å². The molecule has 0 atom stereocenters. The molecule has 0 radical (unpaired) electrons. The van der Waals surface area contributed by atoms with Crippen LogP contribution in [0.5, 0.6) is 23.0 Å². The summed E-state index contributed by atoms with van der Waals surface area (Å²) in [6, 6.07) is 7.19. The fourth-order valence-corrected chi connectivity index (χ4v) is 2.74. The zero-order valence-electron chi connectivity index (χ0n) is 16.1. The Morgan fingerprint density at radius 2 is 1.52 bits per heavy atom. The molecule has 2 aromatic carbocycles. The molecule has 146 valence electrons. The first-order valence-electron chi connectivity index (χ1n) is 8.34. The van der Waals surface area contributed by atoms with Crippen LogP contribution in [-0.2, 0) is 11.3 Å². The van der Waals surface area contributed by atoms with Crippen molar-refractivity contribution in [3.8, 4) is 23.0 Å². The lowest BCUT2D eigenvalue weighted by atomic mass is 10.1. The normalized spacial score (nSPS) is 10.3. The van der Waals surface area contributed by atoms with Gasteiger partial charge in [0.2, 0.25) is 5.75 Å². The van der Waals surface area contributed by atoms with Gasteiger partial charge in [0.15, 0.2) is 18.1 Å². The first-order chi connectivity index (χ1) is 12.9. The molecule has 7 heteroatoms. The summed E-state index contributed by atoms with van der Waals surface area (Å²) in [5.74, 6) is 1.94. The molecule has 1 amide bonds. The third kappa shape index (κ3) is 5.20. The Labute approximate surface area is 164 Å². The molecule has 0 heterocycles. The summed E-state index contributed by atoms with van der Waals surface area (Å²) in [5, 5.41) is 3.51. The summed E-state index contributed by atoms with van der Waals surface area (Å²) in [5.41, 5.74) is 2.63. The number of ether oxygens (including phenoxy) is 4. The number of hydrogen-bond donors (Lipinski definition) is 1. The van der Waals surface area contributed by atoms with Crippen LogP contribution < -0.4 is 24.3 Å². The van der Waals surface area contributed by atoms with Crippen molar-refractivity contribution in [1.82, 2.24) is 5.32 Å². The van der Waals surface area contributed by atoms with Crippen LogP contribution in [0.25, 0.3) is 0 Å². The number of amides is 1. The molecule has 0 aliphatic rings. The molecule has 0 aliphatic heterocycles. The number of nitrogens with one attached hydrogen (secondary N) is 1. The van der Waals surface area contributed by atoms with Gasteiger partial charge in [-0.1, -0.05) is 11.6 Å². The number of carbonyl (C=O) groups excluding carboxylic acids is 1. The molecule has 0 spiro atoms. The molecule has 27 heavy (non-hydrogen) atoms. The highest BCUT2D eigenvalue weighted by Gasteiger charge is 2.14. The minimum Gasteiger partial charge on any atom is -0.493 e. The zero-order valence-corrected chi connectivity index (χ0v) is 16.9. The van der Waals surface area contributed by atoms with Crippen LogP contribution in [0.4, 0.5) is 0 Å². The van der Waals surface area contributed by atoms with Crippen molar-refractivity contribution in [1.29, 1.82) is 0 Å². The van der Waals surface area contributed by atoms with E-state index < -0.39 is 0 Å². The van der Waals surface area contributed by atoms with E-state index in [0.717, 1.165) is 16.7 Å². The fraction of sp³-hybridized carbons (Fsp3) is 0.350. The van der Waals surface area contributed by atoms with Crippen LogP contribution in [0.1, 0.15) is 16.7 Å². The second-order valence-electron chi connectivity index (χ2n) is 5.97. The summed E-state index contributed by atoms with van der Waals surface area (Å²) < 4.78 is 21.5. The van der Waals surface area contributed by atoms with Gasteiger partial charge in [0, 0.05) is 11.6 Å². The van der Waals surface area contributed by atoms with E-state index in [1.165, 1.54) is 0 Å². The second-order valence-corrected chi connectivity index (χ2v) is 6.35. The lowest BCUT2D eigenvalue weighted by Crippen LogP contribution is -2.28. The van der Waals surface area contributed by atoms with Crippen LogP contribution in [0.2, 0.25) is 5.02 Å². The number of methoxy groups -OCH3 is 3.